The lowest BCUT2D eigenvalue weighted by molar-refractivity contribution is 0.264. The molecule has 0 amide bonds. The highest BCUT2D eigenvalue weighted by Crippen LogP contribution is 2.37. The number of benzene rings is 1. The Kier molecular flexibility index (Phi) is 3.57. The van der Waals surface area contributed by atoms with Crippen LogP contribution >= 0.6 is 0 Å². The summed E-state index contributed by atoms with van der Waals surface area (Å²) < 4.78 is 10.8. The minimum atomic E-state index is 0.639. The van der Waals surface area contributed by atoms with Crippen LogP contribution in [-0.4, -0.2) is 39.3 Å². The first kappa shape index (κ1) is 12.2. The van der Waals surface area contributed by atoms with Gasteiger partial charge in [-0.25, -0.2) is 0 Å². The average Bonchev–Trinajstić information content (AvgIpc) is 2.36. The number of rotatable bonds is 3. The maximum Gasteiger partial charge on any atom is 0.164 e. The molecular formula is C14H21NO2. The van der Waals surface area contributed by atoms with E-state index in [1.807, 2.05) is 6.07 Å². The van der Waals surface area contributed by atoms with Crippen molar-refractivity contribution in [3.63, 3.8) is 0 Å². The van der Waals surface area contributed by atoms with Crippen molar-refractivity contribution in [3.05, 3.63) is 23.3 Å². The number of methoxy groups -OCH3 is 2. The summed E-state index contributed by atoms with van der Waals surface area (Å²) in [7, 11) is 7.71. The minimum absolute atomic E-state index is 0.639. The maximum atomic E-state index is 5.49. The van der Waals surface area contributed by atoms with Crippen LogP contribution in [0.2, 0.25) is 0 Å². The fraction of sp³-hybridized carbons (Fsp3) is 0.571. The lowest BCUT2D eigenvalue weighted by Crippen LogP contribution is -2.33. The monoisotopic (exact) mass is 235 g/mol. The van der Waals surface area contributed by atoms with Gasteiger partial charge in [0.2, 0.25) is 0 Å². The Balaban J connectivity index is 2.35. The number of ether oxygens (including phenoxy) is 2. The number of nitrogens with zero attached hydrogens (tertiary/aromatic N) is 1. The highest BCUT2D eigenvalue weighted by Gasteiger charge is 2.24. The third kappa shape index (κ3) is 2.25. The molecule has 0 heterocycles. The molecule has 94 valence electrons. The van der Waals surface area contributed by atoms with Gasteiger partial charge in [0, 0.05) is 11.6 Å². The van der Waals surface area contributed by atoms with Gasteiger partial charge in [-0.1, -0.05) is 6.07 Å². The summed E-state index contributed by atoms with van der Waals surface area (Å²) in [5.74, 6) is 1.76. The van der Waals surface area contributed by atoms with E-state index in [4.69, 9.17) is 9.47 Å². The molecule has 0 fully saturated rings. The Morgan fingerprint density at radius 3 is 2.53 bits per heavy atom. The molecule has 1 unspecified atom stereocenters. The van der Waals surface area contributed by atoms with Crippen molar-refractivity contribution < 1.29 is 9.47 Å². The van der Waals surface area contributed by atoms with Crippen LogP contribution in [-0.2, 0) is 12.8 Å². The van der Waals surface area contributed by atoms with E-state index < -0.39 is 0 Å². The van der Waals surface area contributed by atoms with E-state index in [2.05, 4.69) is 25.1 Å². The maximum absolute atomic E-state index is 5.49. The molecule has 1 aromatic carbocycles. The van der Waals surface area contributed by atoms with E-state index in [0.717, 1.165) is 24.3 Å². The second-order valence-corrected chi connectivity index (χ2v) is 4.80. The van der Waals surface area contributed by atoms with E-state index in [9.17, 15) is 0 Å². The highest BCUT2D eigenvalue weighted by atomic mass is 16.5. The van der Waals surface area contributed by atoms with Gasteiger partial charge >= 0.3 is 0 Å². The van der Waals surface area contributed by atoms with Crippen molar-refractivity contribution in [1.82, 2.24) is 4.90 Å². The van der Waals surface area contributed by atoms with Gasteiger partial charge in [0.15, 0.2) is 11.5 Å². The van der Waals surface area contributed by atoms with E-state index in [1.165, 1.54) is 17.5 Å². The summed E-state index contributed by atoms with van der Waals surface area (Å²) in [4.78, 5) is 2.31. The van der Waals surface area contributed by atoms with Crippen molar-refractivity contribution in [2.45, 2.75) is 25.3 Å². The average molecular weight is 235 g/mol. The molecule has 1 aromatic rings. The lowest BCUT2D eigenvalue weighted by Gasteiger charge is -2.31. The Morgan fingerprint density at radius 2 is 1.94 bits per heavy atom. The second-order valence-electron chi connectivity index (χ2n) is 4.80. The molecule has 0 saturated carbocycles. The zero-order valence-electron chi connectivity index (χ0n) is 11.1. The molecule has 0 N–H and O–H groups in total. The van der Waals surface area contributed by atoms with E-state index in [1.54, 1.807) is 14.2 Å². The van der Waals surface area contributed by atoms with Crippen LogP contribution in [0.15, 0.2) is 12.1 Å². The van der Waals surface area contributed by atoms with Gasteiger partial charge in [-0.3, -0.25) is 0 Å². The number of likely N-dealkylation sites (N-methyl/N-ethyl adjacent to an activating group) is 1. The first-order chi connectivity index (χ1) is 8.17. The van der Waals surface area contributed by atoms with Crippen LogP contribution in [0.1, 0.15) is 17.5 Å². The van der Waals surface area contributed by atoms with Gasteiger partial charge < -0.3 is 14.4 Å². The quantitative estimate of drug-likeness (QED) is 0.801. The van der Waals surface area contributed by atoms with E-state index in [-0.39, 0.29) is 0 Å². The molecule has 0 saturated heterocycles. The SMILES string of the molecule is COc1ccc2c(c1OC)CCC(N(C)C)C2. The van der Waals surface area contributed by atoms with Crippen molar-refractivity contribution in [2.75, 3.05) is 28.3 Å². The third-order valence-corrected chi connectivity index (χ3v) is 3.66. The third-order valence-electron chi connectivity index (χ3n) is 3.66. The van der Waals surface area contributed by atoms with E-state index >= 15 is 0 Å². The summed E-state index contributed by atoms with van der Waals surface area (Å²) in [6.07, 6.45) is 3.35. The fourth-order valence-electron chi connectivity index (χ4n) is 2.60. The van der Waals surface area contributed by atoms with Crippen molar-refractivity contribution >= 4 is 0 Å². The highest BCUT2D eigenvalue weighted by molar-refractivity contribution is 5.52. The zero-order chi connectivity index (χ0) is 12.4. The summed E-state index contributed by atoms with van der Waals surface area (Å²) in [6.45, 7) is 0. The normalized spacial score (nSPS) is 19.0. The molecular weight excluding hydrogens is 214 g/mol. The first-order valence-corrected chi connectivity index (χ1v) is 6.06. The lowest BCUT2D eigenvalue weighted by atomic mass is 9.87. The van der Waals surface area contributed by atoms with Gasteiger partial charge in [-0.2, -0.15) is 0 Å². The predicted molar refractivity (Wildman–Crippen MR) is 69.0 cm³/mol. The molecule has 1 aliphatic rings. The molecule has 17 heavy (non-hydrogen) atoms. The predicted octanol–water partition coefficient (Wildman–Crippen LogP) is 2.12. The van der Waals surface area contributed by atoms with Gasteiger partial charge in [-0.05, 0) is 45.0 Å². The number of hydrogen-bond donors (Lipinski definition) is 0. The fourth-order valence-corrected chi connectivity index (χ4v) is 2.60. The van der Waals surface area contributed by atoms with Crippen LogP contribution in [0.4, 0.5) is 0 Å². The van der Waals surface area contributed by atoms with Crippen LogP contribution in [0.3, 0.4) is 0 Å². The smallest absolute Gasteiger partial charge is 0.164 e. The summed E-state index contributed by atoms with van der Waals surface area (Å²) in [5, 5.41) is 0. The van der Waals surface area contributed by atoms with Gasteiger partial charge in [0.25, 0.3) is 0 Å². The van der Waals surface area contributed by atoms with Crippen LogP contribution in [0.25, 0.3) is 0 Å². The van der Waals surface area contributed by atoms with Crippen molar-refractivity contribution in [1.29, 1.82) is 0 Å². The minimum Gasteiger partial charge on any atom is -0.493 e. The van der Waals surface area contributed by atoms with Gasteiger partial charge in [0.05, 0.1) is 14.2 Å². The number of fused-ring (bicyclic) bond motifs is 1. The largest absolute Gasteiger partial charge is 0.493 e. The first-order valence-electron chi connectivity index (χ1n) is 6.06. The molecule has 3 nitrogen and oxygen atoms in total. The molecule has 0 aromatic heterocycles. The Hall–Kier alpha value is -1.22. The molecule has 0 spiro atoms. The summed E-state index contributed by atoms with van der Waals surface area (Å²) in [5.41, 5.74) is 2.72. The topological polar surface area (TPSA) is 21.7 Å². The molecule has 0 aliphatic heterocycles. The van der Waals surface area contributed by atoms with Crippen molar-refractivity contribution in [2.24, 2.45) is 0 Å². The molecule has 1 atom stereocenters. The van der Waals surface area contributed by atoms with Crippen LogP contribution in [0, 0.1) is 0 Å². The molecule has 1 aliphatic carbocycles. The van der Waals surface area contributed by atoms with Crippen LogP contribution < -0.4 is 9.47 Å². The van der Waals surface area contributed by atoms with Crippen molar-refractivity contribution in [3.8, 4) is 11.5 Å². The number of hydrogen-bond acceptors (Lipinski definition) is 3. The summed E-state index contributed by atoms with van der Waals surface area (Å²) >= 11 is 0. The zero-order valence-corrected chi connectivity index (χ0v) is 11.1. The van der Waals surface area contributed by atoms with E-state index in [0.29, 0.717) is 6.04 Å². The standard InChI is InChI=1S/C14H21NO2/c1-15(2)11-6-7-12-10(9-11)5-8-13(16-3)14(12)17-4/h5,8,11H,6-7,9H2,1-4H3. The Labute approximate surface area is 103 Å². The molecule has 2 rings (SSSR count). The molecule has 3 heteroatoms. The second kappa shape index (κ2) is 4.96. The molecule has 0 radical (unpaired) electrons. The van der Waals surface area contributed by atoms with Gasteiger partial charge in [0.1, 0.15) is 0 Å². The van der Waals surface area contributed by atoms with Crippen LogP contribution in [0.5, 0.6) is 11.5 Å². The Bertz CT molecular complexity index is 401. The Morgan fingerprint density at radius 1 is 1.18 bits per heavy atom. The summed E-state index contributed by atoms with van der Waals surface area (Å²) in [6, 6.07) is 4.82. The molecule has 0 bridgehead atoms. The van der Waals surface area contributed by atoms with Gasteiger partial charge in [-0.15, -0.1) is 0 Å².